The fourth-order valence-corrected chi connectivity index (χ4v) is 1.68. The number of nitrogens with two attached hydrogens (primary N) is 1. The molecule has 2 unspecified atom stereocenters. The Kier molecular flexibility index (Phi) is 2.87. The van der Waals surface area contributed by atoms with Crippen LogP contribution in [0, 0.1) is 5.92 Å². The van der Waals surface area contributed by atoms with E-state index in [0.717, 1.165) is 19.3 Å². The molecule has 1 rings (SSSR count). The largest absolute Gasteiger partial charge is 0.391 e. The van der Waals surface area contributed by atoms with Crippen molar-refractivity contribution in [3.63, 3.8) is 0 Å². The minimum Gasteiger partial charge on any atom is -0.391 e. The van der Waals surface area contributed by atoms with Gasteiger partial charge >= 0.3 is 0 Å². The SMILES string of the molecule is CCC1CC(O)C(N)C(O)C1. The molecule has 0 amide bonds. The van der Waals surface area contributed by atoms with Gasteiger partial charge in [0.15, 0.2) is 0 Å². The van der Waals surface area contributed by atoms with E-state index in [9.17, 15) is 10.2 Å². The maximum absolute atomic E-state index is 9.36. The summed E-state index contributed by atoms with van der Waals surface area (Å²) in [5, 5.41) is 18.7. The molecule has 1 aliphatic rings. The molecule has 11 heavy (non-hydrogen) atoms. The van der Waals surface area contributed by atoms with Crippen molar-refractivity contribution in [1.82, 2.24) is 0 Å². The Morgan fingerprint density at radius 3 is 2.09 bits per heavy atom. The van der Waals surface area contributed by atoms with Crippen LogP contribution in [-0.4, -0.2) is 28.5 Å². The summed E-state index contributed by atoms with van der Waals surface area (Å²) in [6.07, 6.45) is 1.48. The normalized spacial score (nSPS) is 45.8. The van der Waals surface area contributed by atoms with E-state index in [1.54, 1.807) is 0 Å². The third-order valence-electron chi connectivity index (χ3n) is 2.62. The summed E-state index contributed by atoms with van der Waals surface area (Å²) in [6, 6.07) is -0.433. The fourth-order valence-electron chi connectivity index (χ4n) is 1.68. The van der Waals surface area contributed by atoms with Crippen LogP contribution in [0.25, 0.3) is 0 Å². The lowest BCUT2D eigenvalue weighted by molar-refractivity contribution is -0.00733. The number of aliphatic hydroxyl groups is 2. The Labute approximate surface area is 67.2 Å². The zero-order chi connectivity index (χ0) is 8.43. The van der Waals surface area contributed by atoms with Gasteiger partial charge in [0.25, 0.3) is 0 Å². The van der Waals surface area contributed by atoms with Crippen molar-refractivity contribution in [2.45, 2.75) is 44.4 Å². The van der Waals surface area contributed by atoms with Gasteiger partial charge in [0, 0.05) is 0 Å². The minimum absolute atomic E-state index is 0.433. The van der Waals surface area contributed by atoms with E-state index in [1.165, 1.54) is 0 Å². The number of hydrogen-bond donors (Lipinski definition) is 3. The zero-order valence-corrected chi connectivity index (χ0v) is 6.90. The van der Waals surface area contributed by atoms with E-state index in [0.29, 0.717) is 5.92 Å². The van der Waals surface area contributed by atoms with E-state index in [-0.39, 0.29) is 0 Å². The molecule has 3 heteroatoms. The molecule has 0 aromatic rings. The lowest BCUT2D eigenvalue weighted by Crippen LogP contribution is -2.50. The second-order valence-corrected chi connectivity index (χ2v) is 3.46. The topological polar surface area (TPSA) is 66.5 Å². The highest BCUT2D eigenvalue weighted by Crippen LogP contribution is 2.26. The lowest BCUT2D eigenvalue weighted by Gasteiger charge is -2.34. The molecule has 0 bridgehead atoms. The first-order chi connectivity index (χ1) is 5.15. The molecular formula is C8H17NO2. The molecule has 1 aliphatic carbocycles. The molecule has 1 saturated carbocycles. The van der Waals surface area contributed by atoms with Gasteiger partial charge < -0.3 is 15.9 Å². The monoisotopic (exact) mass is 159 g/mol. The maximum Gasteiger partial charge on any atom is 0.0719 e. The Morgan fingerprint density at radius 2 is 1.73 bits per heavy atom. The maximum atomic E-state index is 9.36. The number of aliphatic hydroxyl groups excluding tert-OH is 2. The van der Waals surface area contributed by atoms with E-state index >= 15 is 0 Å². The fraction of sp³-hybridized carbons (Fsp3) is 1.00. The molecule has 0 spiro atoms. The molecule has 66 valence electrons. The van der Waals surface area contributed by atoms with Gasteiger partial charge in [-0.2, -0.15) is 0 Å². The molecule has 0 saturated heterocycles. The first-order valence-electron chi connectivity index (χ1n) is 4.26. The first-order valence-corrected chi connectivity index (χ1v) is 4.26. The minimum atomic E-state index is -0.510. The van der Waals surface area contributed by atoms with Crippen LogP contribution in [0.2, 0.25) is 0 Å². The van der Waals surface area contributed by atoms with Crippen LogP contribution < -0.4 is 5.73 Å². The summed E-state index contributed by atoms with van der Waals surface area (Å²) < 4.78 is 0. The van der Waals surface area contributed by atoms with Crippen molar-refractivity contribution in [3.8, 4) is 0 Å². The summed E-state index contributed by atoms with van der Waals surface area (Å²) in [5.74, 6) is 0.444. The Morgan fingerprint density at radius 1 is 1.27 bits per heavy atom. The van der Waals surface area contributed by atoms with Crippen LogP contribution in [-0.2, 0) is 0 Å². The van der Waals surface area contributed by atoms with Gasteiger partial charge in [-0.05, 0) is 18.8 Å². The lowest BCUT2D eigenvalue weighted by atomic mass is 9.81. The summed E-state index contributed by atoms with van der Waals surface area (Å²) in [5.41, 5.74) is 5.54. The molecule has 4 N–H and O–H groups in total. The summed E-state index contributed by atoms with van der Waals surface area (Å²) >= 11 is 0. The Balaban J connectivity index is 2.47. The van der Waals surface area contributed by atoms with Crippen LogP contribution in [0.15, 0.2) is 0 Å². The third kappa shape index (κ3) is 1.92. The van der Waals surface area contributed by atoms with Gasteiger partial charge in [0.2, 0.25) is 0 Å². The molecule has 1 fully saturated rings. The summed E-state index contributed by atoms with van der Waals surface area (Å²) in [7, 11) is 0. The molecule has 0 aromatic carbocycles. The van der Waals surface area contributed by atoms with Gasteiger partial charge in [-0.15, -0.1) is 0 Å². The van der Waals surface area contributed by atoms with Gasteiger partial charge in [-0.3, -0.25) is 0 Å². The highest BCUT2D eigenvalue weighted by molar-refractivity contribution is 4.88. The molecule has 0 radical (unpaired) electrons. The van der Waals surface area contributed by atoms with Crippen molar-refractivity contribution in [3.05, 3.63) is 0 Å². The summed E-state index contributed by atoms with van der Waals surface area (Å²) in [4.78, 5) is 0. The van der Waals surface area contributed by atoms with E-state index in [4.69, 9.17) is 5.73 Å². The number of rotatable bonds is 1. The van der Waals surface area contributed by atoms with Crippen LogP contribution in [0.1, 0.15) is 26.2 Å². The van der Waals surface area contributed by atoms with Gasteiger partial charge in [0.05, 0.1) is 18.2 Å². The average Bonchev–Trinajstić information content (AvgIpc) is 1.99. The van der Waals surface area contributed by atoms with Crippen molar-refractivity contribution in [1.29, 1.82) is 0 Å². The predicted octanol–water partition coefficient (Wildman–Crippen LogP) is -0.145. The summed E-state index contributed by atoms with van der Waals surface area (Å²) in [6.45, 7) is 2.07. The predicted molar refractivity (Wildman–Crippen MR) is 43.0 cm³/mol. The quantitative estimate of drug-likeness (QED) is 0.498. The van der Waals surface area contributed by atoms with Crippen molar-refractivity contribution in [2.24, 2.45) is 11.7 Å². The second kappa shape index (κ2) is 3.52. The molecule has 0 aliphatic heterocycles. The zero-order valence-electron chi connectivity index (χ0n) is 6.90. The van der Waals surface area contributed by atoms with Gasteiger partial charge in [-0.25, -0.2) is 0 Å². The van der Waals surface area contributed by atoms with Gasteiger partial charge in [-0.1, -0.05) is 13.3 Å². The average molecular weight is 159 g/mol. The molecule has 3 nitrogen and oxygen atoms in total. The molecule has 2 atom stereocenters. The van der Waals surface area contributed by atoms with E-state index < -0.39 is 18.2 Å². The van der Waals surface area contributed by atoms with Crippen molar-refractivity contribution >= 4 is 0 Å². The van der Waals surface area contributed by atoms with Crippen molar-refractivity contribution < 1.29 is 10.2 Å². The van der Waals surface area contributed by atoms with E-state index in [1.807, 2.05) is 0 Å². The first kappa shape index (κ1) is 8.97. The van der Waals surface area contributed by atoms with Gasteiger partial charge in [0.1, 0.15) is 0 Å². The van der Waals surface area contributed by atoms with Crippen LogP contribution in [0.5, 0.6) is 0 Å². The third-order valence-corrected chi connectivity index (χ3v) is 2.62. The molecule has 0 aromatic heterocycles. The van der Waals surface area contributed by atoms with Crippen LogP contribution in [0.3, 0.4) is 0 Å². The standard InChI is InChI=1S/C8H17NO2/c1-2-5-3-6(10)8(9)7(11)4-5/h5-8,10-11H,2-4,9H2,1H3. The second-order valence-electron chi connectivity index (χ2n) is 3.46. The highest BCUT2D eigenvalue weighted by atomic mass is 16.3. The molecular weight excluding hydrogens is 142 g/mol. The molecule has 0 heterocycles. The smallest absolute Gasteiger partial charge is 0.0719 e. The Bertz CT molecular complexity index is 117. The number of hydrogen-bond acceptors (Lipinski definition) is 3. The highest BCUT2D eigenvalue weighted by Gasteiger charge is 2.32. The Hall–Kier alpha value is -0.120. The van der Waals surface area contributed by atoms with Crippen LogP contribution in [0.4, 0.5) is 0 Å². The van der Waals surface area contributed by atoms with Crippen LogP contribution >= 0.6 is 0 Å². The van der Waals surface area contributed by atoms with E-state index in [2.05, 4.69) is 6.92 Å². The van der Waals surface area contributed by atoms with Crippen molar-refractivity contribution in [2.75, 3.05) is 0 Å².